The van der Waals surface area contributed by atoms with Crippen LogP contribution in [-0.4, -0.2) is 67.8 Å². The van der Waals surface area contributed by atoms with Gasteiger partial charge in [-0.05, 0) is 13.8 Å². The Kier molecular flexibility index (Phi) is 4.56. The quantitative estimate of drug-likeness (QED) is 0.347. The van der Waals surface area contributed by atoms with Crippen LogP contribution in [0.25, 0.3) is 0 Å². The molecule has 140 valence electrons. The van der Waals surface area contributed by atoms with Gasteiger partial charge in [-0.3, -0.25) is 9.59 Å². The molecule has 2 aliphatic heterocycles. The van der Waals surface area contributed by atoms with Crippen LogP contribution >= 0.6 is 23.1 Å². The highest BCUT2D eigenvalue weighted by atomic mass is 32.2. The van der Waals surface area contributed by atoms with Gasteiger partial charge in [0.05, 0.1) is 0 Å². The number of carbonyl (C=O) groups is 3. The summed E-state index contributed by atoms with van der Waals surface area (Å²) >= 11 is 2.48. The minimum Gasteiger partial charge on any atom is -0.480 e. The second-order valence-corrected chi connectivity index (χ2v) is 8.90. The lowest BCUT2D eigenvalue weighted by atomic mass is 9.96. The molecule has 26 heavy (non-hydrogen) atoms. The number of hydrogen-bond acceptors (Lipinski definition) is 9. The number of thiazole rings is 1. The van der Waals surface area contributed by atoms with Crippen LogP contribution in [0.5, 0.6) is 0 Å². The number of carboxylic acid groups (broad SMARTS) is 1. The number of nitrogens with zero attached hydrogens (tertiary/aromatic N) is 3. The molecule has 0 spiro atoms. The van der Waals surface area contributed by atoms with E-state index < -0.39 is 40.0 Å². The van der Waals surface area contributed by atoms with E-state index >= 15 is 0 Å². The molecule has 0 saturated carbocycles. The zero-order valence-electron chi connectivity index (χ0n) is 14.1. The third-order valence-corrected chi connectivity index (χ3v) is 6.37. The van der Waals surface area contributed by atoms with E-state index in [0.717, 1.165) is 11.3 Å². The largest absolute Gasteiger partial charge is 0.480 e. The fraction of sp³-hybridized carbons (Fsp3) is 0.500. The van der Waals surface area contributed by atoms with E-state index in [2.05, 4.69) is 20.3 Å². The number of nitrogens with two attached hydrogens (primary N) is 1. The van der Waals surface area contributed by atoms with E-state index in [-0.39, 0.29) is 16.5 Å². The van der Waals surface area contributed by atoms with Gasteiger partial charge in [0, 0.05) is 10.1 Å². The molecule has 2 amide bonds. The predicted molar refractivity (Wildman–Crippen MR) is 95.7 cm³/mol. The summed E-state index contributed by atoms with van der Waals surface area (Å²) in [5.74, 6) is -2.15. The van der Waals surface area contributed by atoms with Crippen LogP contribution in [0.2, 0.25) is 0 Å². The Morgan fingerprint density at radius 2 is 2.19 bits per heavy atom. The lowest BCUT2D eigenvalue weighted by Crippen LogP contribution is -2.71. The second-order valence-electron chi connectivity index (χ2n) is 6.24. The Bertz CT molecular complexity index is 807. The first kappa shape index (κ1) is 18.5. The summed E-state index contributed by atoms with van der Waals surface area (Å²) in [5.41, 5.74) is 5.70. The van der Waals surface area contributed by atoms with Crippen LogP contribution in [0.4, 0.5) is 5.13 Å². The Balaban J connectivity index is 1.78. The Labute approximate surface area is 156 Å². The number of aromatic nitrogens is 1. The topological polar surface area (TPSA) is 147 Å². The van der Waals surface area contributed by atoms with Gasteiger partial charge < -0.3 is 25.9 Å². The van der Waals surface area contributed by atoms with E-state index in [0.29, 0.717) is 0 Å². The lowest BCUT2D eigenvalue weighted by molar-refractivity contribution is -0.160. The summed E-state index contributed by atoms with van der Waals surface area (Å²) < 4.78 is -0.668. The van der Waals surface area contributed by atoms with Gasteiger partial charge in [-0.15, -0.1) is 23.1 Å². The number of aliphatic carboxylic acids is 1. The zero-order valence-corrected chi connectivity index (χ0v) is 15.8. The van der Waals surface area contributed by atoms with Crippen LogP contribution in [0, 0.1) is 0 Å². The molecule has 3 atom stereocenters. The number of rotatable bonds is 5. The van der Waals surface area contributed by atoms with Gasteiger partial charge in [-0.1, -0.05) is 5.16 Å². The number of hydrogen-bond donors (Lipinski definition) is 3. The Hall–Kier alpha value is -2.34. The molecule has 0 aliphatic carbocycles. The minimum absolute atomic E-state index is 0.108. The van der Waals surface area contributed by atoms with Crippen LogP contribution in [0.15, 0.2) is 10.5 Å². The first-order valence-electron chi connectivity index (χ1n) is 7.53. The number of nitrogens with one attached hydrogen (secondary N) is 1. The van der Waals surface area contributed by atoms with E-state index in [1.165, 1.54) is 23.8 Å². The van der Waals surface area contributed by atoms with Crippen molar-refractivity contribution in [2.75, 3.05) is 12.8 Å². The SMILES string of the molecule is CO/N=C(\C(=O)NC1C(=O)N2[C@@H]1SC(C)(C)[C@@H]2C(=O)O)c1csc(N)n1. The third-order valence-electron chi connectivity index (χ3n) is 4.12. The summed E-state index contributed by atoms with van der Waals surface area (Å²) in [7, 11) is 1.28. The number of carboxylic acids is 1. The maximum absolute atomic E-state index is 12.6. The summed E-state index contributed by atoms with van der Waals surface area (Å²) in [4.78, 5) is 46.5. The Morgan fingerprint density at radius 1 is 1.50 bits per heavy atom. The van der Waals surface area contributed by atoms with Crippen LogP contribution in [0.1, 0.15) is 19.5 Å². The molecule has 1 aromatic heterocycles. The molecule has 0 radical (unpaired) electrons. The number of nitrogen functional groups attached to an aromatic ring is 1. The van der Waals surface area contributed by atoms with Gasteiger partial charge in [0.1, 0.15) is 30.3 Å². The molecule has 12 heteroatoms. The molecule has 1 aromatic rings. The molecular formula is C14H17N5O5S2. The van der Waals surface area contributed by atoms with Crippen molar-refractivity contribution in [3.63, 3.8) is 0 Å². The smallest absolute Gasteiger partial charge is 0.327 e. The number of oxime groups is 1. The standard InChI is InChI=1S/C14H17N5O5S2/c1-14(2)8(12(22)23)19-10(21)7(11(19)26-14)17-9(20)6(18-24-3)5-4-25-13(15)16-5/h4,7-8,11H,1-3H3,(H2,15,16)(H,17,20)(H,22,23)/b18-6-/t7?,8-,11+/m0/s1. The normalized spacial score (nSPS) is 26.9. The first-order valence-corrected chi connectivity index (χ1v) is 9.29. The first-order chi connectivity index (χ1) is 12.2. The summed E-state index contributed by atoms with van der Waals surface area (Å²) in [6.07, 6.45) is 0. The van der Waals surface area contributed by atoms with Gasteiger partial charge in [-0.25, -0.2) is 9.78 Å². The van der Waals surface area contributed by atoms with Crippen molar-refractivity contribution < 1.29 is 24.3 Å². The van der Waals surface area contributed by atoms with E-state index in [1.807, 2.05) is 0 Å². The molecule has 1 unspecified atom stereocenters. The number of amides is 2. The number of carbonyl (C=O) groups excluding carboxylic acids is 2. The molecule has 2 saturated heterocycles. The molecule has 3 rings (SSSR count). The molecule has 3 heterocycles. The second kappa shape index (κ2) is 6.43. The van der Waals surface area contributed by atoms with Crippen LogP contribution in [0.3, 0.4) is 0 Å². The minimum atomic E-state index is -1.07. The maximum atomic E-state index is 12.6. The number of thioether (sulfide) groups is 1. The summed E-state index contributed by atoms with van der Waals surface area (Å²) in [6.45, 7) is 3.52. The van der Waals surface area contributed by atoms with Gasteiger partial charge in [0.15, 0.2) is 10.8 Å². The van der Waals surface area contributed by atoms with Gasteiger partial charge in [0.2, 0.25) is 5.91 Å². The summed E-state index contributed by atoms with van der Waals surface area (Å²) in [5, 5.41) is 17.0. The fourth-order valence-electron chi connectivity index (χ4n) is 3.05. The van der Waals surface area contributed by atoms with Crippen molar-refractivity contribution >= 4 is 51.7 Å². The maximum Gasteiger partial charge on any atom is 0.327 e. The highest BCUT2D eigenvalue weighted by Crippen LogP contribution is 2.50. The van der Waals surface area contributed by atoms with Crippen molar-refractivity contribution in [3.05, 3.63) is 11.1 Å². The highest BCUT2D eigenvalue weighted by Gasteiger charge is 2.64. The van der Waals surface area contributed by atoms with Crippen molar-refractivity contribution in [1.82, 2.24) is 15.2 Å². The van der Waals surface area contributed by atoms with Crippen molar-refractivity contribution in [2.24, 2.45) is 5.16 Å². The average molecular weight is 399 g/mol. The van der Waals surface area contributed by atoms with Crippen LogP contribution in [-0.2, 0) is 19.2 Å². The molecule has 10 nitrogen and oxygen atoms in total. The monoisotopic (exact) mass is 399 g/mol. The number of anilines is 1. The van der Waals surface area contributed by atoms with Crippen molar-refractivity contribution in [3.8, 4) is 0 Å². The van der Waals surface area contributed by atoms with E-state index in [4.69, 9.17) is 5.73 Å². The third kappa shape index (κ3) is 2.88. The van der Waals surface area contributed by atoms with E-state index in [9.17, 15) is 19.5 Å². The fourth-order valence-corrected chi connectivity index (χ4v) is 5.22. The van der Waals surface area contributed by atoms with Crippen molar-refractivity contribution in [1.29, 1.82) is 0 Å². The number of β-lactam (4-membered cyclic amide) rings is 1. The Morgan fingerprint density at radius 3 is 2.73 bits per heavy atom. The predicted octanol–water partition coefficient (Wildman–Crippen LogP) is -0.292. The molecular weight excluding hydrogens is 382 g/mol. The van der Waals surface area contributed by atoms with Crippen molar-refractivity contribution in [2.45, 2.75) is 36.1 Å². The van der Waals surface area contributed by atoms with Gasteiger partial charge in [0.25, 0.3) is 5.91 Å². The molecule has 0 aromatic carbocycles. The van der Waals surface area contributed by atoms with Gasteiger partial charge >= 0.3 is 5.97 Å². The highest BCUT2D eigenvalue weighted by molar-refractivity contribution is 8.01. The molecule has 0 bridgehead atoms. The number of fused-ring (bicyclic) bond motifs is 1. The molecule has 4 N–H and O–H groups in total. The molecule has 2 fully saturated rings. The van der Waals surface area contributed by atoms with E-state index in [1.54, 1.807) is 19.2 Å². The average Bonchev–Trinajstić information content (AvgIpc) is 3.09. The zero-order chi connectivity index (χ0) is 19.2. The lowest BCUT2D eigenvalue weighted by Gasteiger charge is -2.43. The summed E-state index contributed by atoms with van der Waals surface area (Å²) in [6, 6.07) is -1.78. The molecule has 2 aliphatic rings. The van der Waals surface area contributed by atoms with Crippen LogP contribution < -0.4 is 11.1 Å². The van der Waals surface area contributed by atoms with Gasteiger partial charge in [-0.2, -0.15) is 0 Å².